The molecule has 0 aromatic carbocycles. The molecule has 0 saturated carbocycles. The molecule has 1 aliphatic heterocycles. The molecule has 6 nitrogen and oxygen atoms in total. The van der Waals surface area contributed by atoms with Gasteiger partial charge in [0.05, 0.1) is 0 Å². The van der Waals surface area contributed by atoms with Gasteiger partial charge in [-0.15, -0.1) is 0 Å². The number of carbonyl (C=O) groups is 2. The van der Waals surface area contributed by atoms with E-state index in [9.17, 15) is 9.59 Å². The Hall–Kier alpha value is -1.30. The molecule has 1 atom stereocenters. The van der Waals surface area contributed by atoms with E-state index in [4.69, 9.17) is 10.2 Å². The van der Waals surface area contributed by atoms with E-state index in [1.54, 1.807) is 4.90 Å². The van der Waals surface area contributed by atoms with Crippen molar-refractivity contribution in [3.63, 3.8) is 0 Å². The molecule has 0 aromatic rings. The molecule has 0 aliphatic carbocycles. The molecule has 0 radical (unpaired) electrons. The maximum atomic E-state index is 11.4. The quantitative estimate of drug-likeness (QED) is 0.587. The fraction of sp³-hybridized carbons (Fsp3) is 0.778. The number of amides is 2. The Labute approximate surface area is 87.9 Å². The number of hydrogen-bond acceptors (Lipinski definition) is 3. The number of nitrogens with zero attached hydrogens (tertiary/aromatic N) is 1. The Morgan fingerprint density at radius 1 is 1.40 bits per heavy atom. The van der Waals surface area contributed by atoms with Gasteiger partial charge in [-0.3, -0.25) is 4.79 Å². The lowest BCUT2D eigenvalue weighted by molar-refractivity contribution is -0.140. The van der Waals surface area contributed by atoms with E-state index in [-0.39, 0.29) is 11.9 Å². The van der Waals surface area contributed by atoms with Crippen LogP contribution in [0.5, 0.6) is 0 Å². The predicted molar refractivity (Wildman–Crippen MR) is 52.4 cm³/mol. The molecule has 15 heavy (non-hydrogen) atoms. The molecule has 2 amide bonds. The summed E-state index contributed by atoms with van der Waals surface area (Å²) in [6.45, 7) is 2.42. The van der Waals surface area contributed by atoms with E-state index in [0.717, 1.165) is 0 Å². The van der Waals surface area contributed by atoms with Crippen LogP contribution in [0.25, 0.3) is 0 Å². The molecule has 0 aromatic heterocycles. The largest absolute Gasteiger partial charge is 0.465 e. The summed E-state index contributed by atoms with van der Waals surface area (Å²) in [7, 11) is 0. The summed E-state index contributed by atoms with van der Waals surface area (Å²) >= 11 is 0. The van der Waals surface area contributed by atoms with Crippen molar-refractivity contribution >= 4 is 12.0 Å². The second kappa shape index (κ2) is 4.97. The average Bonchev–Trinajstić information content (AvgIpc) is 2.17. The zero-order valence-electron chi connectivity index (χ0n) is 8.64. The van der Waals surface area contributed by atoms with Crippen molar-refractivity contribution in [2.45, 2.75) is 31.9 Å². The molecule has 0 bridgehead atoms. The Morgan fingerprint density at radius 3 is 2.33 bits per heavy atom. The lowest BCUT2D eigenvalue weighted by Gasteiger charge is -2.32. The fourth-order valence-corrected chi connectivity index (χ4v) is 1.68. The molecule has 1 heterocycles. The third-order valence-electron chi connectivity index (χ3n) is 2.49. The maximum absolute atomic E-state index is 11.4. The van der Waals surface area contributed by atoms with Crippen LogP contribution in [0.1, 0.15) is 19.8 Å². The van der Waals surface area contributed by atoms with Gasteiger partial charge < -0.3 is 20.4 Å². The number of aliphatic hydroxyl groups excluding tert-OH is 1. The standard InChI is InChI=1S/C9H16N2O4/c1-6(12)8(13)11-4-2-7(3-5-11)10-9(14)15/h6-7,10,12H,2-5H2,1H3,(H,14,15)/t6-/m0/s1. The van der Waals surface area contributed by atoms with Gasteiger partial charge in [0, 0.05) is 19.1 Å². The SMILES string of the molecule is C[C@H](O)C(=O)N1CCC(NC(=O)O)CC1. The Bertz CT molecular complexity index is 246. The number of nitrogens with one attached hydrogen (secondary N) is 1. The van der Waals surface area contributed by atoms with Crippen molar-refractivity contribution in [1.82, 2.24) is 10.2 Å². The highest BCUT2D eigenvalue weighted by atomic mass is 16.4. The summed E-state index contributed by atoms with van der Waals surface area (Å²) in [6.07, 6.45) is -0.806. The number of aliphatic hydroxyl groups is 1. The molecule has 1 aliphatic rings. The number of carboxylic acid groups (broad SMARTS) is 1. The first-order chi connectivity index (χ1) is 7.00. The van der Waals surface area contributed by atoms with Gasteiger partial charge in [-0.1, -0.05) is 0 Å². The third kappa shape index (κ3) is 3.39. The summed E-state index contributed by atoms with van der Waals surface area (Å²) in [4.78, 5) is 23.3. The highest BCUT2D eigenvalue weighted by Crippen LogP contribution is 2.11. The third-order valence-corrected chi connectivity index (χ3v) is 2.49. The van der Waals surface area contributed by atoms with Crippen molar-refractivity contribution < 1.29 is 19.8 Å². The van der Waals surface area contributed by atoms with Crippen molar-refractivity contribution in [3.8, 4) is 0 Å². The summed E-state index contributed by atoms with van der Waals surface area (Å²) in [5, 5.41) is 20.0. The van der Waals surface area contributed by atoms with Gasteiger partial charge in [0.25, 0.3) is 5.91 Å². The van der Waals surface area contributed by atoms with E-state index in [2.05, 4.69) is 5.32 Å². The molecule has 1 rings (SSSR count). The predicted octanol–water partition coefficient (Wildman–Crippen LogP) is -0.374. The summed E-state index contributed by atoms with van der Waals surface area (Å²) < 4.78 is 0. The van der Waals surface area contributed by atoms with E-state index < -0.39 is 12.2 Å². The van der Waals surface area contributed by atoms with Crippen molar-refractivity contribution in [2.75, 3.05) is 13.1 Å². The Balaban J connectivity index is 2.35. The van der Waals surface area contributed by atoms with Crippen LogP contribution < -0.4 is 5.32 Å². The van der Waals surface area contributed by atoms with E-state index in [1.165, 1.54) is 6.92 Å². The van der Waals surface area contributed by atoms with Crippen molar-refractivity contribution in [2.24, 2.45) is 0 Å². The second-order valence-electron chi connectivity index (χ2n) is 3.73. The maximum Gasteiger partial charge on any atom is 0.404 e. The number of rotatable bonds is 2. The summed E-state index contributed by atoms with van der Waals surface area (Å²) in [6, 6.07) is -0.0828. The Kier molecular flexibility index (Phi) is 3.90. The monoisotopic (exact) mass is 216 g/mol. The van der Waals surface area contributed by atoms with E-state index in [1.807, 2.05) is 0 Å². The van der Waals surface area contributed by atoms with Gasteiger partial charge in [0.15, 0.2) is 0 Å². The lowest BCUT2D eigenvalue weighted by atomic mass is 10.0. The highest BCUT2D eigenvalue weighted by molar-refractivity contribution is 5.80. The lowest BCUT2D eigenvalue weighted by Crippen LogP contribution is -2.48. The molecule has 3 N–H and O–H groups in total. The van der Waals surface area contributed by atoms with Crippen LogP contribution in [0.3, 0.4) is 0 Å². The minimum atomic E-state index is -1.03. The van der Waals surface area contributed by atoms with Crippen LogP contribution in [0, 0.1) is 0 Å². The molecule has 1 fully saturated rings. The summed E-state index contributed by atoms with van der Waals surface area (Å²) in [5.74, 6) is -0.288. The van der Waals surface area contributed by atoms with Gasteiger partial charge in [-0.05, 0) is 19.8 Å². The first kappa shape index (κ1) is 11.8. The zero-order valence-corrected chi connectivity index (χ0v) is 8.64. The van der Waals surface area contributed by atoms with E-state index in [0.29, 0.717) is 25.9 Å². The van der Waals surface area contributed by atoms with Gasteiger partial charge in [0.1, 0.15) is 6.10 Å². The first-order valence-electron chi connectivity index (χ1n) is 4.97. The second-order valence-corrected chi connectivity index (χ2v) is 3.73. The number of carbonyl (C=O) groups excluding carboxylic acids is 1. The van der Waals surface area contributed by atoms with Gasteiger partial charge in [-0.25, -0.2) is 4.79 Å². The van der Waals surface area contributed by atoms with E-state index >= 15 is 0 Å². The minimum absolute atomic E-state index is 0.0828. The van der Waals surface area contributed by atoms with Crippen LogP contribution in [-0.2, 0) is 4.79 Å². The first-order valence-corrected chi connectivity index (χ1v) is 4.97. The highest BCUT2D eigenvalue weighted by Gasteiger charge is 2.25. The molecular formula is C9H16N2O4. The molecule has 1 saturated heterocycles. The van der Waals surface area contributed by atoms with Gasteiger partial charge >= 0.3 is 6.09 Å². The average molecular weight is 216 g/mol. The number of hydrogen-bond donors (Lipinski definition) is 3. The van der Waals surface area contributed by atoms with Crippen molar-refractivity contribution in [3.05, 3.63) is 0 Å². The minimum Gasteiger partial charge on any atom is -0.465 e. The normalized spacial score (nSPS) is 19.7. The molecule has 86 valence electrons. The van der Waals surface area contributed by atoms with Gasteiger partial charge in [0.2, 0.25) is 0 Å². The number of likely N-dealkylation sites (tertiary alicyclic amines) is 1. The topological polar surface area (TPSA) is 89.9 Å². The van der Waals surface area contributed by atoms with Crippen LogP contribution in [0.4, 0.5) is 4.79 Å². The molecule has 0 unspecified atom stereocenters. The van der Waals surface area contributed by atoms with Crippen molar-refractivity contribution in [1.29, 1.82) is 0 Å². The zero-order chi connectivity index (χ0) is 11.4. The van der Waals surface area contributed by atoms with Gasteiger partial charge in [-0.2, -0.15) is 0 Å². The molecule has 0 spiro atoms. The van der Waals surface area contributed by atoms with Crippen LogP contribution >= 0.6 is 0 Å². The number of piperidine rings is 1. The van der Waals surface area contributed by atoms with Crippen LogP contribution in [-0.4, -0.2) is 52.3 Å². The van der Waals surface area contributed by atoms with Crippen LogP contribution in [0.15, 0.2) is 0 Å². The smallest absolute Gasteiger partial charge is 0.404 e. The fourth-order valence-electron chi connectivity index (χ4n) is 1.68. The Morgan fingerprint density at radius 2 is 1.93 bits per heavy atom. The summed E-state index contributed by atoms with van der Waals surface area (Å²) in [5.41, 5.74) is 0. The van der Waals surface area contributed by atoms with Crippen LogP contribution in [0.2, 0.25) is 0 Å². The molecule has 6 heteroatoms. The molecular weight excluding hydrogens is 200 g/mol.